The highest BCUT2D eigenvalue weighted by molar-refractivity contribution is 6.74. The van der Waals surface area contributed by atoms with E-state index in [2.05, 4.69) is 71.6 Å². The fraction of sp³-hybridized carbons (Fsp3) is 0.462. The quantitative estimate of drug-likeness (QED) is 0.290. The molecule has 2 rings (SSSR count). The van der Waals surface area contributed by atoms with Gasteiger partial charge >= 0.3 is 0 Å². The van der Waals surface area contributed by atoms with Crippen LogP contribution in [0.3, 0.4) is 0 Å². The van der Waals surface area contributed by atoms with Crippen molar-refractivity contribution < 1.29 is 13.9 Å². The summed E-state index contributed by atoms with van der Waals surface area (Å²) in [4.78, 5) is 0. The fourth-order valence-corrected chi connectivity index (χ4v) is 4.47. The molecule has 3 nitrogen and oxygen atoms in total. The third-order valence-corrected chi connectivity index (χ3v) is 10.5. The molecule has 0 N–H and O–H groups in total. The van der Waals surface area contributed by atoms with E-state index in [4.69, 9.17) is 13.9 Å². The Morgan fingerprint density at radius 2 is 1.70 bits per heavy atom. The van der Waals surface area contributed by atoms with Gasteiger partial charge in [-0.2, -0.15) is 0 Å². The van der Waals surface area contributed by atoms with E-state index in [-0.39, 0.29) is 11.1 Å². The molecule has 164 valence electrons. The van der Waals surface area contributed by atoms with Gasteiger partial charge in [-0.05, 0) is 53.7 Å². The number of methoxy groups -OCH3 is 1. The molecule has 0 saturated carbocycles. The molecule has 4 heteroatoms. The zero-order chi connectivity index (χ0) is 22.4. The van der Waals surface area contributed by atoms with Gasteiger partial charge in [-0.25, -0.2) is 0 Å². The molecule has 0 aliphatic heterocycles. The first-order valence-corrected chi connectivity index (χ1v) is 13.6. The van der Waals surface area contributed by atoms with E-state index in [1.54, 1.807) is 7.11 Å². The van der Waals surface area contributed by atoms with Crippen LogP contribution in [0.5, 0.6) is 11.5 Å². The van der Waals surface area contributed by atoms with Crippen LogP contribution in [0.1, 0.15) is 51.3 Å². The van der Waals surface area contributed by atoms with Gasteiger partial charge in [-0.1, -0.05) is 70.2 Å². The van der Waals surface area contributed by atoms with Gasteiger partial charge < -0.3 is 13.9 Å². The summed E-state index contributed by atoms with van der Waals surface area (Å²) in [6.45, 7) is 18.1. The Morgan fingerprint density at radius 3 is 2.27 bits per heavy atom. The first-order valence-electron chi connectivity index (χ1n) is 10.7. The molecule has 0 amide bonds. The molecule has 2 aromatic carbocycles. The Hall–Kier alpha value is -2.04. The standard InChI is InChI=1S/C26H38O3Si/c1-9-13-20(2)25(29-30(7,8)26(3,4)5)22-16-17-23(24(18-22)27-6)28-19-21-14-11-10-12-15-21/h9-12,14-18,20,25H,1,13,19H2,2-8H3/t20-,25+/m0/s1. The van der Waals surface area contributed by atoms with Crippen molar-refractivity contribution in [1.29, 1.82) is 0 Å². The van der Waals surface area contributed by atoms with Gasteiger partial charge in [-0.3, -0.25) is 0 Å². The van der Waals surface area contributed by atoms with E-state index < -0.39 is 8.32 Å². The summed E-state index contributed by atoms with van der Waals surface area (Å²) in [7, 11) is -0.264. The van der Waals surface area contributed by atoms with Crippen LogP contribution in [0.4, 0.5) is 0 Å². The monoisotopic (exact) mass is 426 g/mol. The van der Waals surface area contributed by atoms with Crippen molar-refractivity contribution in [3.8, 4) is 11.5 Å². The number of hydrogen-bond donors (Lipinski definition) is 0. The first kappa shape index (κ1) is 24.2. The van der Waals surface area contributed by atoms with Crippen molar-refractivity contribution in [2.45, 2.75) is 65.0 Å². The van der Waals surface area contributed by atoms with Crippen LogP contribution < -0.4 is 9.47 Å². The summed E-state index contributed by atoms with van der Waals surface area (Å²) in [5.41, 5.74) is 2.25. The van der Waals surface area contributed by atoms with Crippen LogP contribution in [0.15, 0.2) is 61.2 Å². The zero-order valence-electron chi connectivity index (χ0n) is 19.7. The van der Waals surface area contributed by atoms with Crippen molar-refractivity contribution in [2.24, 2.45) is 5.92 Å². The predicted molar refractivity (Wildman–Crippen MR) is 129 cm³/mol. The largest absolute Gasteiger partial charge is 0.493 e. The molecule has 0 radical (unpaired) electrons. The third kappa shape index (κ3) is 6.23. The van der Waals surface area contributed by atoms with Crippen LogP contribution in [0.2, 0.25) is 18.1 Å². The minimum Gasteiger partial charge on any atom is -0.493 e. The first-order chi connectivity index (χ1) is 14.1. The number of ether oxygens (including phenoxy) is 2. The molecule has 2 atom stereocenters. The highest BCUT2D eigenvalue weighted by Crippen LogP contribution is 2.43. The van der Waals surface area contributed by atoms with Gasteiger partial charge in [0.15, 0.2) is 19.8 Å². The molecule has 0 aromatic heterocycles. The Bertz CT molecular complexity index is 809. The Labute approximate surface area is 184 Å². The average molecular weight is 427 g/mol. The minimum absolute atomic E-state index is 0.0130. The number of hydrogen-bond acceptors (Lipinski definition) is 3. The maximum Gasteiger partial charge on any atom is 0.192 e. The SMILES string of the molecule is C=CC[C@H](C)[C@@H](O[Si](C)(C)C(C)(C)C)c1ccc(OCc2ccccc2)c(OC)c1. The lowest BCUT2D eigenvalue weighted by Gasteiger charge is -2.41. The maximum atomic E-state index is 6.87. The molecule has 0 unspecified atom stereocenters. The van der Waals surface area contributed by atoms with Crippen molar-refractivity contribution in [2.75, 3.05) is 7.11 Å². The van der Waals surface area contributed by atoms with Crippen LogP contribution in [0.25, 0.3) is 0 Å². The van der Waals surface area contributed by atoms with Gasteiger partial charge in [0.2, 0.25) is 0 Å². The van der Waals surface area contributed by atoms with Crippen LogP contribution >= 0.6 is 0 Å². The summed E-state index contributed by atoms with van der Waals surface area (Å²) < 4.78 is 18.6. The number of benzene rings is 2. The second-order valence-electron chi connectivity index (χ2n) is 9.48. The molecule has 0 spiro atoms. The topological polar surface area (TPSA) is 27.7 Å². The molecule has 0 heterocycles. The number of rotatable bonds is 10. The van der Waals surface area contributed by atoms with Gasteiger partial charge in [0.05, 0.1) is 13.2 Å². The molecule has 0 fully saturated rings. The normalized spacial score (nSPS) is 14.1. The van der Waals surface area contributed by atoms with Crippen molar-refractivity contribution in [1.82, 2.24) is 0 Å². The lowest BCUT2D eigenvalue weighted by atomic mass is 9.94. The molecule has 2 aromatic rings. The molecule has 0 aliphatic carbocycles. The lowest BCUT2D eigenvalue weighted by Crippen LogP contribution is -2.42. The number of allylic oxidation sites excluding steroid dienone is 1. The lowest BCUT2D eigenvalue weighted by molar-refractivity contribution is 0.127. The predicted octanol–water partition coefficient (Wildman–Crippen LogP) is 7.55. The van der Waals surface area contributed by atoms with Gasteiger partial charge in [0, 0.05) is 0 Å². The van der Waals surface area contributed by atoms with Crippen LogP contribution in [-0.2, 0) is 11.0 Å². The highest BCUT2D eigenvalue weighted by atomic mass is 28.4. The van der Waals surface area contributed by atoms with E-state index in [1.165, 1.54) is 0 Å². The second-order valence-corrected chi connectivity index (χ2v) is 14.2. The van der Waals surface area contributed by atoms with E-state index in [0.29, 0.717) is 12.5 Å². The Morgan fingerprint density at radius 1 is 1.03 bits per heavy atom. The minimum atomic E-state index is -1.95. The summed E-state index contributed by atoms with van der Waals surface area (Å²) >= 11 is 0. The zero-order valence-corrected chi connectivity index (χ0v) is 20.7. The smallest absolute Gasteiger partial charge is 0.192 e. The molecule has 0 saturated heterocycles. The summed E-state index contributed by atoms with van der Waals surface area (Å²) in [6.07, 6.45) is 2.86. The fourth-order valence-electron chi connectivity index (χ4n) is 3.11. The van der Waals surface area contributed by atoms with Crippen molar-refractivity contribution in [3.05, 3.63) is 72.3 Å². The molecule has 0 aliphatic rings. The highest BCUT2D eigenvalue weighted by Gasteiger charge is 2.40. The summed E-state index contributed by atoms with van der Waals surface area (Å²) in [6, 6.07) is 16.3. The third-order valence-electron chi connectivity index (χ3n) is 6.04. The maximum absolute atomic E-state index is 6.87. The van der Waals surface area contributed by atoms with E-state index >= 15 is 0 Å². The second kappa shape index (κ2) is 10.3. The van der Waals surface area contributed by atoms with Crippen molar-refractivity contribution in [3.63, 3.8) is 0 Å². The van der Waals surface area contributed by atoms with E-state index in [1.807, 2.05) is 30.3 Å². The van der Waals surface area contributed by atoms with Gasteiger partial charge in [0.25, 0.3) is 0 Å². The summed E-state index contributed by atoms with van der Waals surface area (Å²) in [5, 5.41) is 0.141. The molecular weight excluding hydrogens is 388 g/mol. The Balaban J connectivity index is 2.30. The molecule has 0 bridgehead atoms. The average Bonchev–Trinajstić information content (AvgIpc) is 2.70. The van der Waals surface area contributed by atoms with Gasteiger partial charge in [0.1, 0.15) is 6.61 Å². The van der Waals surface area contributed by atoms with E-state index in [0.717, 1.165) is 29.0 Å². The summed E-state index contributed by atoms with van der Waals surface area (Å²) in [5.74, 6) is 1.79. The van der Waals surface area contributed by atoms with E-state index in [9.17, 15) is 0 Å². The van der Waals surface area contributed by atoms with Crippen LogP contribution in [-0.4, -0.2) is 15.4 Å². The Kier molecular flexibility index (Phi) is 8.33. The van der Waals surface area contributed by atoms with Crippen LogP contribution in [0, 0.1) is 5.92 Å². The van der Waals surface area contributed by atoms with Gasteiger partial charge in [-0.15, -0.1) is 6.58 Å². The van der Waals surface area contributed by atoms with Crippen molar-refractivity contribution >= 4 is 8.32 Å². The molecular formula is C26H38O3Si. The molecule has 30 heavy (non-hydrogen) atoms.